The van der Waals surface area contributed by atoms with Gasteiger partial charge in [-0.05, 0) is 30.4 Å². The molecule has 0 radical (unpaired) electrons. The maximum absolute atomic E-state index is 12.5. The third-order valence-electron chi connectivity index (χ3n) is 5.27. The number of halogens is 1. The van der Waals surface area contributed by atoms with Crippen LogP contribution < -0.4 is 5.32 Å². The highest BCUT2D eigenvalue weighted by atomic mass is 35.5. The first-order chi connectivity index (χ1) is 11.6. The molecule has 124 valence electrons. The van der Waals surface area contributed by atoms with Crippen LogP contribution in [-0.2, 0) is 14.4 Å². The lowest BCUT2D eigenvalue weighted by atomic mass is 9.85. The van der Waals surface area contributed by atoms with Crippen molar-refractivity contribution in [2.45, 2.75) is 12.8 Å². The highest BCUT2D eigenvalue weighted by Crippen LogP contribution is 2.52. The molecule has 1 aliphatic heterocycles. The van der Waals surface area contributed by atoms with Crippen molar-refractivity contribution in [1.82, 2.24) is 4.90 Å². The van der Waals surface area contributed by atoms with E-state index in [1.165, 1.54) is 4.90 Å². The number of hydrogen-bond donors (Lipinski definition) is 1. The summed E-state index contributed by atoms with van der Waals surface area (Å²) in [5, 5.41) is 3.17. The van der Waals surface area contributed by atoms with Gasteiger partial charge >= 0.3 is 0 Å². The summed E-state index contributed by atoms with van der Waals surface area (Å²) in [5.74, 6) is -0.531. The van der Waals surface area contributed by atoms with Gasteiger partial charge in [0.25, 0.3) is 0 Å². The first-order valence-corrected chi connectivity index (χ1v) is 8.52. The first kappa shape index (κ1) is 15.4. The molecule has 2 aliphatic carbocycles. The zero-order valence-corrected chi connectivity index (χ0v) is 13.7. The fourth-order valence-corrected chi connectivity index (χ4v) is 4.36. The summed E-state index contributed by atoms with van der Waals surface area (Å²) >= 11 is 6.01. The van der Waals surface area contributed by atoms with Gasteiger partial charge in [-0.2, -0.15) is 0 Å². The van der Waals surface area contributed by atoms with E-state index in [4.69, 9.17) is 11.6 Å². The van der Waals surface area contributed by atoms with Crippen LogP contribution in [-0.4, -0.2) is 29.2 Å². The molecule has 3 amide bonds. The third-order valence-corrected chi connectivity index (χ3v) is 5.60. The number of rotatable bonds is 4. The Morgan fingerprint density at radius 1 is 1.12 bits per heavy atom. The van der Waals surface area contributed by atoms with Crippen LogP contribution in [0.1, 0.15) is 12.8 Å². The van der Waals surface area contributed by atoms with E-state index in [-0.39, 0.29) is 54.4 Å². The fraction of sp³-hybridized carbons (Fsp3) is 0.389. The van der Waals surface area contributed by atoms with Crippen LogP contribution in [0, 0.1) is 23.7 Å². The quantitative estimate of drug-likeness (QED) is 0.674. The lowest BCUT2D eigenvalue weighted by molar-refractivity contribution is -0.140. The number of anilines is 1. The number of allylic oxidation sites excluding steroid dienone is 2. The van der Waals surface area contributed by atoms with Gasteiger partial charge < -0.3 is 5.32 Å². The van der Waals surface area contributed by atoms with Crippen LogP contribution in [0.25, 0.3) is 0 Å². The highest BCUT2D eigenvalue weighted by molar-refractivity contribution is 6.33. The SMILES string of the molecule is O=C(CCN1C(=O)[C@H]2[C@H](C1=O)[C@H]1C=C[C@H]2C1)Nc1ccccc1Cl. The molecule has 1 saturated heterocycles. The first-order valence-electron chi connectivity index (χ1n) is 8.14. The molecule has 24 heavy (non-hydrogen) atoms. The van der Waals surface area contributed by atoms with Gasteiger partial charge in [0.05, 0.1) is 22.5 Å². The molecule has 6 heteroatoms. The summed E-state index contributed by atoms with van der Waals surface area (Å²) in [6, 6.07) is 6.95. The minimum atomic E-state index is -0.262. The van der Waals surface area contributed by atoms with Gasteiger partial charge in [-0.1, -0.05) is 35.9 Å². The molecule has 3 aliphatic rings. The Morgan fingerprint density at radius 2 is 1.75 bits per heavy atom. The average molecular weight is 345 g/mol. The highest BCUT2D eigenvalue weighted by Gasteiger charge is 2.58. The minimum absolute atomic E-state index is 0.0743. The predicted molar refractivity (Wildman–Crippen MR) is 89.1 cm³/mol. The number of amides is 3. The second-order valence-corrected chi connectivity index (χ2v) is 7.01. The van der Waals surface area contributed by atoms with E-state index in [1.807, 2.05) is 0 Å². The number of fused-ring (bicyclic) bond motifs is 5. The van der Waals surface area contributed by atoms with E-state index in [0.29, 0.717) is 10.7 Å². The maximum Gasteiger partial charge on any atom is 0.233 e. The molecule has 4 atom stereocenters. The maximum atomic E-state index is 12.5. The van der Waals surface area contributed by atoms with Crippen LogP contribution in [0.15, 0.2) is 36.4 Å². The Hall–Kier alpha value is -2.14. The number of carbonyl (C=O) groups is 3. The molecule has 0 aromatic heterocycles. The van der Waals surface area contributed by atoms with Crippen molar-refractivity contribution < 1.29 is 14.4 Å². The number of imide groups is 1. The number of nitrogens with zero attached hydrogens (tertiary/aromatic N) is 1. The predicted octanol–water partition coefficient (Wildman–Crippen LogP) is 2.48. The standard InChI is InChI=1S/C18H17ClN2O3/c19-12-3-1-2-4-13(12)20-14(22)7-8-21-17(23)15-10-5-6-11(9-10)16(15)18(21)24/h1-6,10-11,15-16H,7-9H2,(H,20,22)/t10-,11-,15+,16+/m0/s1. The summed E-state index contributed by atoms with van der Waals surface area (Å²) in [7, 11) is 0. The Bertz CT molecular complexity index is 730. The van der Waals surface area contributed by atoms with Crippen LogP contribution in [0.2, 0.25) is 5.02 Å². The van der Waals surface area contributed by atoms with Crippen LogP contribution >= 0.6 is 11.6 Å². The summed E-state index contributed by atoms with van der Waals surface area (Å²) in [6.45, 7) is 0.125. The molecule has 0 unspecified atom stereocenters. The van der Waals surface area contributed by atoms with Crippen molar-refractivity contribution in [2.75, 3.05) is 11.9 Å². The number of hydrogen-bond acceptors (Lipinski definition) is 3. The number of para-hydroxylation sites is 1. The van der Waals surface area contributed by atoms with Crippen molar-refractivity contribution in [3.8, 4) is 0 Å². The van der Waals surface area contributed by atoms with Gasteiger partial charge in [-0.25, -0.2) is 0 Å². The third kappa shape index (κ3) is 2.35. The lowest BCUT2D eigenvalue weighted by Crippen LogP contribution is -2.35. The van der Waals surface area contributed by atoms with Gasteiger partial charge in [0.1, 0.15) is 0 Å². The van der Waals surface area contributed by atoms with E-state index in [1.54, 1.807) is 24.3 Å². The monoisotopic (exact) mass is 344 g/mol. The molecular weight excluding hydrogens is 328 g/mol. The molecule has 5 nitrogen and oxygen atoms in total. The van der Waals surface area contributed by atoms with E-state index in [2.05, 4.69) is 17.5 Å². The van der Waals surface area contributed by atoms with Crippen molar-refractivity contribution in [3.63, 3.8) is 0 Å². The van der Waals surface area contributed by atoms with Crippen molar-refractivity contribution in [1.29, 1.82) is 0 Å². The Kier molecular flexibility index (Phi) is 3.68. The fourth-order valence-electron chi connectivity index (χ4n) is 4.17. The summed E-state index contributed by atoms with van der Waals surface area (Å²) in [4.78, 5) is 38.4. The molecule has 1 saturated carbocycles. The lowest BCUT2D eigenvalue weighted by Gasteiger charge is -2.17. The van der Waals surface area contributed by atoms with Crippen molar-refractivity contribution >= 4 is 35.0 Å². The molecule has 1 aromatic rings. The summed E-state index contributed by atoms with van der Waals surface area (Å²) < 4.78 is 0. The zero-order chi connectivity index (χ0) is 16.8. The van der Waals surface area contributed by atoms with E-state index < -0.39 is 0 Å². The minimum Gasteiger partial charge on any atom is -0.325 e. The Morgan fingerprint density at radius 3 is 2.38 bits per heavy atom. The molecule has 1 N–H and O–H groups in total. The molecule has 2 fully saturated rings. The molecule has 0 spiro atoms. The summed E-state index contributed by atoms with van der Waals surface area (Å²) in [5.41, 5.74) is 0.530. The number of carbonyl (C=O) groups excluding carboxylic acids is 3. The van der Waals surface area contributed by atoms with Crippen LogP contribution in [0.3, 0.4) is 0 Å². The van der Waals surface area contributed by atoms with Crippen LogP contribution in [0.5, 0.6) is 0 Å². The van der Waals surface area contributed by atoms with Gasteiger partial charge in [-0.3, -0.25) is 19.3 Å². The number of nitrogens with one attached hydrogen (secondary N) is 1. The Labute approximate surface area is 144 Å². The molecule has 2 bridgehead atoms. The van der Waals surface area contributed by atoms with E-state index in [0.717, 1.165) is 6.42 Å². The number of likely N-dealkylation sites (tertiary alicyclic amines) is 1. The van der Waals surface area contributed by atoms with E-state index >= 15 is 0 Å². The van der Waals surface area contributed by atoms with Gasteiger partial charge in [0.15, 0.2) is 0 Å². The molecule has 1 aromatic carbocycles. The second-order valence-electron chi connectivity index (χ2n) is 6.61. The Balaban J connectivity index is 1.38. The summed E-state index contributed by atoms with van der Waals surface area (Å²) in [6.07, 6.45) is 5.10. The topological polar surface area (TPSA) is 66.5 Å². The molecule has 1 heterocycles. The van der Waals surface area contributed by atoms with Crippen molar-refractivity contribution in [2.24, 2.45) is 23.7 Å². The van der Waals surface area contributed by atoms with Crippen molar-refractivity contribution in [3.05, 3.63) is 41.4 Å². The number of benzene rings is 1. The van der Waals surface area contributed by atoms with E-state index in [9.17, 15) is 14.4 Å². The largest absolute Gasteiger partial charge is 0.325 e. The second kappa shape index (κ2) is 5.74. The smallest absolute Gasteiger partial charge is 0.233 e. The van der Waals surface area contributed by atoms with Gasteiger partial charge in [0.2, 0.25) is 17.7 Å². The molecule has 4 rings (SSSR count). The van der Waals surface area contributed by atoms with Crippen LogP contribution in [0.4, 0.5) is 5.69 Å². The van der Waals surface area contributed by atoms with Gasteiger partial charge in [-0.15, -0.1) is 0 Å². The molecular formula is C18H17ClN2O3. The average Bonchev–Trinajstić information content (AvgIpc) is 3.23. The van der Waals surface area contributed by atoms with Gasteiger partial charge in [0, 0.05) is 13.0 Å². The normalized spacial score (nSPS) is 30.1. The zero-order valence-electron chi connectivity index (χ0n) is 12.9.